The topological polar surface area (TPSA) is 89.9 Å². The Balaban J connectivity index is 1.26. The van der Waals surface area contributed by atoms with Gasteiger partial charge in [-0.2, -0.15) is 0 Å². The average molecular weight is 561 g/mol. The molecule has 2 atom stereocenters. The number of benzene rings is 2. The van der Waals surface area contributed by atoms with Crippen LogP contribution in [-0.2, 0) is 11.0 Å². The molecule has 2 fully saturated rings. The molecule has 7 nitrogen and oxygen atoms in total. The van der Waals surface area contributed by atoms with Crippen LogP contribution >= 0.6 is 0 Å². The number of nitrogens with one attached hydrogen (secondary N) is 1. The van der Waals surface area contributed by atoms with Crippen molar-refractivity contribution in [3.05, 3.63) is 71.2 Å². The van der Waals surface area contributed by atoms with E-state index in [1.165, 1.54) is 25.0 Å². The Morgan fingerprint density at radius 1 is 1.15 bits per heavy atom. The fourth-order valence-electron chi connectivity index (χ4n) is 5.25. The number of carbonyl (C=O) groups is 1. The Bertz CT molecular complexity index is 1450. The predicted molar refractivity (Wildman–Crippen MR) is 153 cm³/mol. The van der Waals surface area contributed by atoms with Crippen molar-refractivity contribution in [1.82, 2.24) is 10.3 Å². The maximum Gasteiger partial charge on any atom is 0.163 e. The van der Waals surface area contributed by atoms with Gasteiger partial charge in [0.2, 0.25) is 0 Å². The van der Waals surface area contributed by atoms with E-state index in [2.05, 4.69) is 12.2 Å². The average Bonchev–Trinajstić information content (AvgIpc) is 3.91. The number of ketones is 1. The van der Waals surface area contributed by atoms with Crippen LogP contribution in [0.4, 0.5) is 4.39 Å². The van der Waals surface area contributed by atoms with E-state index in [4.69, 9.17) is 19.2 Å². The molecule has 216 valence electrons. The van der Waals surface area contributed by atoms with E-state index in [-0.39, 0.29) is 36.0 Å². The number of methoxy groups -OCH3 is 1. The van der Waals surface area contributed by atoms with Crippen LogP contribution in [0.3, 0.4) is 0 Å². The summed E-state index contributed by atoms with van der Waals surface area (Å²) in [6.45, 7) is 5.05. The van der Waals surface area contributed by atoms with Gasteiger partial charge in [-0.05, 0) is 87.6 Å². The Morgan fingerprint density at radius 2 is 1.90 bits per heavy atom. The van der Waals surface area contributed by atoms with Gasteiger partial charge in [-0.25, -0.2) is 9.37 Å². The van der Waals surface area contributed by atoms with Crippen molar-refractivity contribution in [2.24, 2.45) is 0 Å². The zero-order valence-electron chi connectivity index (χ0n) is 23.8. The highest BCUT2D eigenvalue weighted by Gasteiger charge is 2.41. The molecular weight excluding hydrogens is 523 g/mol. The lowest BCUT2D eigenvalue weighted by molar-refractivity contribution is 0.0396. The summed E-state index contributed by atoms with van der Waals surface area (Å²) < 4.78 is 31.3. The first-order chi connectivity index (χ1) is 19.6. The number of hydrogen-bond acceptors (Lipinski definition) is 7. The second kappa shape index (κ2) is 10.7. The van der Waals surface area contributed by atoms with E-state index in [1.807, 2.05) is 6.07 Å². The fourth-order valence-corrected chi connectivity index (χ4v) is 5.25. The SMILES string of the molecule is COc1cc(C(=O)CC[C@](C)(O)c2cc3c(c(-c4ccc(F)cc4)n2)OC[C@]3(C)CNC2CC2)ccc1OC1CC1. The van der Waals surface area contributed by atoms with Crippen LogP contribution in [0.1, 0.15) is 74.0 Å². The van der Waals surface area contributed by atoms with Gasteiger partial charge in [0.05, 0.1) is 25.5 Å². The van der Waals surface area contributed by atoms with Gasteiger partial charge in [0.15, 0.2) is 17.3 Å². The number of aliphatic hydroxyl groups is 1. The van der Waals surface area contributed by atoms with Gasteiger partial charge in [-0.15, -0.1) is 0 Å². The van der Waals surface area contributed by atoms with Crippen LogP contribution in [-0.4, -0.2) is 48.3 Å². The third kappa shape index (κ3) is 5.95. The summed E-state index contributed by atoms with van der Waals surface area (Å²) in [7, 11) is 1.56. The molecule has 2 saturated carbocycles. The highest BCUT2D eigenvalue weighted by atomic mass is 19.1. The number of rotatable bonds is 12. The van der Waals surface area contributed by atoms with Crippen molar-refractivity contribution in [2.45, 2.75) is 75.5 Å². The summed E-state index contributed by atoms with van der Waals surface area (Å²) in [5.74, 6) is 1.37. The van der Waals surface area contributed by atoms with E-state index in [1.54, 1.807) is 44.4 Å². The van der Waals surface area contributed by atoms with Crippen LogP contribution in [0.25, 0.3) is 11.3 Å². The molecule has 2 aliphatic carbocycles. The van der Waals surface area contributed by atoms with Gasteiger partial charge < -0.3 is 24.6 Å². The lowest BCUT2D eigenvalue weighted by atomic mass is 9.82. The number of hydrogen-bond donors (Lipinski definition) is 2. The third-order valence-corrected chi connectivity index (χ3v) is 8.33. The quantitative estimate of drug-likeness (QED) is 0.274. The minimum Gasteiger partial charge on any atom is -0.493 e. The van der Waals surface area contributed by atoms with Crippen LogP contribution in [0.5, 0.6) is 17.2 Å². The first kappa shape index (κ1) is 27.7. The maximum atomic E-state index is 13.7. The highest BCUT2D eigenvalue weighted by Crippen LogP contribution is 2.46. The number of Topliss-reactive ketones (excluding diaryl/α,β-unsaturated/α-hetero) is 1. The summed E-state index contributed by atoms with van der Waals surface area (Å²) in [5.41, 5.74) is 1.46. The molecule has 6 rings (SSSR count). The monoisotopic (exact) mass is 560 g/mol. The van der Waals surface area contributed by atoms with Gasteiger partial charge in [0.1, 0.15) is 22.9 Å². The number of halogens is 1. The zero-order chi connectivity index (χ0) is 28.8. The number of fused-ring (bicyclic) bond motifs is 1. The fraction of sp³-hybridized carbons (Fsp3) is 0.455. The first-order valence-electron chi connectivity index (χ1n) is 14.4. The Morgan fingerprint density at radius 3 is 2.59 bits per heavy atom. The lowest BCUT2D eigenvalue weighted by Gasteiger charge is -2.27. The van der Waals surface area contributed by atoms with Gasteiger partial charge in [0.25, 0.3) is 0 Å². The number of nitrogens with zero attached hydrogens (tertiary/aromatic N) is 1. The molecule has 2 aromatic carbocycles. The second-order valence-electron chi connectivity index (χ2n) is 12.1. The van der Waals surface area contributed by atoms with Crippen LogP contribution < -0.4 is 19.5 Å². The van der Waals surface area contributed by atoms with Crippen molar-refractivity contribution in [3.8, 4) is 28.5 Å². The molecule has 41 heavy (non-hydrogen) atoms. The molecule has 1 aromatic heterocycles. The van der Waals surface area contributed by atoms with Crippen molar-refractivity contribution >= 4 is 5.78 Å². The summed E-state index contributed by atoms with van der Waals surface area (Å²) in [6, 6.07) is 13.8. The summed E-state index contributed by atoms with van der Waals surface area (Å²) in [6.07, 6.45) is 4.91. The normalized spacial score (nSPS) is 21.1. The molecule has 0 amide bonds. The van der Waals surface area contributed by atoms with Gasteiger partial charge in [0, 0.05) is 41.1 Å². The van der Waals surface area contributed by atoms with Crippen LogP contribution in [0.15, 0.2) is 48.5 Å². The van der Waals surface area contributed by atoms with Crippen LogP contribution in [0.2, 0.25) is 0 Å². The van der Waals surface area contributed by atoms with Gasteiger partial charge >= 0.3 is 0 Å². The smallest absolute Gasteiger partial charge is 0.163 e. The first-order valence-corrected chi connectivity index (χ1v) is 14.4. The largest absolute Gasteiger partial charge is 0.493 e. The molecule has 0 radical (unpaired) electrons. The number of ether oxygens (including phenoxy) is 3. The Hall–Kier alpha value is -3.49. The molecule has 1 aliphatic heterocycles. The summed E-state index contributed by atoms with van der Waals surface area (Å²) in [5, 5.41) is 15.3. The van der Waals surface area contributed by atoms with E-state index in [0.717, 1.165) is 24.9 Å². The molecule has 0 saturated heterocycles. The molecule has 0 spiro atoms. The van der Waals surface area contributed by atoms with E-state index >= 15 is 0 Å². The molecular formula is C33H37FN2O5. The van der Waals surface area contributed by atoms with Gasteiger partial charge in [-0.1, -0.05) is 6.92 Å². The zero-order valence-corrected chi connectivity index (χ0v) is 23.8. The predicted octanol–water partition coefficient (Wildman–Crippen LogP) is 5.71. The van der Waals surface area contributed by atoms with E-state index in [0.29, 0.717) is 52.4 Å². The van der Waals surface area contributed by atoms with E-state index < -0.39 is 5.60 Å². The van der Waals surface area contributed by atoms with Crippen molar-refractivity contribution in [3.63, 3.8) is 0 Å². The minimum absolute atomic E-state index is 0.108. The van der Waals surface area contributed by atoms with Crippen molar-refractivity contribution in [1.29, 1.82) is 0 Å². The number of aromatic nitrogens is 1. The number of carbonyl (C=O) groups excluding carboxylic acids is 1. The lowest BCUT2D eigenvalue weighted by Crippen LogP contribution is -2.38. The molecule has 8 heteroatoms. The molecule has 3 aromatic rings. The third-order valence-electron chi connectivity index (χ3n) is 8.33. The van der Waals surface area contributed by atoms with Gasteiger partial charge in [-0.3, -0.25) is 4.79 Å². The molecule has 0 bridgehead atoms. The van der Waals surface area contributed by atoms with E-state index in [9.17, 15) is 14.3 Å². The van der Waals surface area contributed by atoms with Crippen LogP contribution in [0, 0.1) is 5.82 Å². The summed E-state index contributed by atoms with van der Waals surface area (Å²) in [4.78, 5) is 18.1. The molecule has 0 unspecified atom stereocenters. The Labute approximate surface area is 240 Å². The summed E-state index contributed by atoms with van der Waals surface area (Å²) >= 11 is 0. The minimum atomic E-state index is -1.40. The Kier molecular flexibility index (Phi) is 7.24. The van der Waals surface area contributed by atoms with Crippen molar-refractivity contribution < 1.29 is 28.5 Å². The maximum absolute atomic E-state index is 13.7. The van der Waals surface area contributed by atoms with Crippen molar-refractivity contribution in [2.75, 3.05) is 20.3 Å². The highest BCUT2D eigenvalue weighted by molar-refractivity contribution is 5.96. The standard InChI is InChI=1S/C33H37FN2O5/c1-32(18-35-23-9-10-23)19-40-31-25(32)17-29(36-30(31)20-4-7-22(34)8-5-20)33(2,38)15-14-26(37)21-6-13-27(28(16-21)39-3)41-24-11-12-24/h4-8,13,16-17,23-24,35,38H,9-12,14-15,18-19H2,1-3H3/t32-,33-/m0/s1. The molecule has 2 heterocycles. The second-order valence-corrected chi connectivity index (χ2v) is 12.1. The number of pyridine rings is 1. The molecule has 2 N–H and O–H groups in total. The molecule has 3 aliphatic rings.